The zero-order chi connectivity index (χ0) is 26.6. The van der Waals surface area contributed by atoms with Gasteiger partial charge in [-0.1, -0.05) is 50.2 Å². The molecule has 1 heterocycles. The SMILES string of the molecule is CC(=O)O[C@@H]1[C@@H](OC(C)=O)[C@H](Sc2ccc(C)cc2)O[C@H](CO[Si](C)(C)C(C)(C)C)[C@H]1OC(C)=O. The summed E-state index contributed by atoms with van der Waals surface area (Å²) in [4.78, 5) is 37.0. The van der Waals surface area contributed by atoms with Gasteiger partial charge in [-0.3, -0.25) is 14.4 Å². The van der Waals surface area contributed by atoms with E-state index in [1.807, 2.05) is 31.2 Å². The van der Waals surface area contributed by atoms with Gasteiger partial charge >= 0.3 is 17.9 Å². The fraction of sp³-hybridized carbons (Fsp3) is 0.640. The van der Waals surface area contributed by atoms with Crippen LogP contribution in [-0.4, -0.2) is 62.7 Å². The predicted octanol–water partition coefficient (Wildman–Crippen LogP) is 4.63. The largest absolute Gasteiger partial charge is 0.456 e. The average molecular weight is 527 g/mol. The van der Waals surface area contributed by atoms with Gasteiger partial charge in [-0.05, 0) is 37.2 Å². The second kappa shape index (κ2) is 11.9. The fourth-order valence-electron chi connectivity index (χ4n) is 3.34. The Morgan fingerprint density at radius 2 is 1.37 bits per heavy atom. The number of hydrogen-bond acceptors (Lipinski definition) is 9. The van der Waals surface area contributed by atoms with Crippen molar-refractivity contribution in [2.75, 3.05) is 6.61 Å². The molecule has 196 valence electrons. The Balaban J connectivity index is 2.46. The molecule has 1 aliphatic rings. The van der Waals surface area contributed by atoms with Crippen LogP contribution in [0.2, 0.25) is 18.1 Å². The highest BCUT2D eigenvalue weighted by molar-refractivity contribution is 7.99. The molecule has 0 aromatic heterocycles. The lowest BCUT2D eigenvalue weighted by Gasteiger charge is -2.45. The van der Waals surface area contributed by atoms with Gasteiger partial charge in [-0.15, -0.1) is 0 Å². The van der Waals surface area contributed by atoms with Crippen molar-refractivity contribution in [3.63, 3.8) is 0 Å². The molecule has 10 heteroatoms. The third kappa shape index (κ3) is 8.34. The second-order valence-corrected chi connectivity index (χ2v) is 16.2. The summed E-state index contributed by atoms with van der Waals surface area (Å²) in [6.45, 7) is 16.5. The van der Waals surface area contributed by atoms with Gasteiger partial charge in [0, 0.05) is 25.7 Å². The highest BCUT2D eigenvalue weighted by atomic mass is 32.2. The third-order valence-corrected chi connectivity index (χ3v) is 11.8. The zero-order valence-corrected chi connectivity index (χ0v) is 23.9. The van der Waals surface area contributed by atoms with Crippen LogP contribution in [0.4, 0.5) is 0 Å². The topological polar surface area (TPSA) is 97.4 Å². The first kappa shape index (κ1) is 29.3. The number of carbonyl (C=O) groups is 3. The van der Waals surface area contributed by atoms with Crippen molar-refractivity contribution in [2.24, 2.45) is 0 Å². The maximum Gasteiger partial charge on any atom is 0.303 e. The molecule has 0 radical (unpaired) electrons. The molecule has 0 aliphatic carbocycles. The van der Waals surface area contributed by atoms with E-state index < -0.39 is 56.1 Å². The molecular formula is C25H38O8SSi. The zero-order valence-electron chi connectivity index (χ0n) is 22.1. The molecule has 5 atom stereocenters. The Hall–Kier alpha value is -1.88. The van der Waals surface area contributed by atoms with Gasteiger partial charge < -0.3 is 23.4 Å². The van der Waals surface area contributed by atoms with Crippen molar-refractivity contribution >= 4 is 38.0 Å². The number of hydrogen-bond donors (Lipinski definition) is 0. The molecule has 0 N–H and O–H groups in total. The Kier molecular flexibility index (Phi) is 9.98. The lowest BCUT2D eigenvalue weighted by molar-refractivity contribution is -0.235. The van der Waals surface area contributed by atoms with Gasteiger partial charge in [0.05, 0.1) is 6.61 Å². The van der Waals surface area contributed by atoms with Crippen LogP contribution in [0, 0.1) is 6.92 Å². The van der Waals surface area contributed by atoms with E-state index in [0.29, 0.717) is 0 Å². The minimum absolute atomic E-state index is 0.0514. The number of ether oxygens (including phenoxy) is 4. The molecule has 1 aromatic carbocycles. The molecule has 0 saturated carbocycles. The first-order valence-corrected chi connectivity index (χ1v) is 15.4. The molecule has 0 bridgehead atoms. The summed E-state index contributed by atoms with van der Waals surface area (Å²) in [7, 11) is -2.18. The van der Waals surface area contributed by atoms with Gasteiger partial charge in [0.1, 0.15) is 11.5 Å². The van der Waals surface area contributed by atoms with E-state index in [9.17, 15) is 14.4 Å². The summed E-state index contributed by atoms with van der Waals surface area (Å²) in [5.74, 6) is -1.73. The molecule has 1 aliphatic heterocycles. The summed E-state index contributed by atoms with van der Waals surface area (Å²) in [5.41, 5.74) is 0.370. The molecule has 8 nitrogen and oxygen atoms in total. The Labute approximate surface area is 213 Å². The maximum atomic E-state index is 12.1. The fourth-order valence-corrected chi connectivity index (χ4v) is 5.46. The van der Waals surface area contributed by atoms with Crippen LogP contribution in [0.5, 0.6) is 0 Å². The Morgan fingerprint density at radius 1 is 0.886 bits per heavy atom. The van der Waals surface area contributed by atoms with Crippen LogP contribution < -0.4 is 0 Å². The van der Waals surface area contributed by atoms with Crippen LogP contribution >= 0.6 is 11.8 Å². The van der Waals surface area contributed by atoms with E-state index in [2.05, 4.69) is 33.9 Å². The number of benzene rings is 1. The van der Waals surface area contributed by atoms with Crippen molar-refractivity contribution in [1.82, 2.24) is 0 Å². The smallest absolute Gasteiger partial charge is 0.303 e. The molecule has 0 unspecified atom stereocenters. The van der Waals surface area contributed by atoms with Gasteiger partial charge in [0.15, 0.2) is 26.6 Å². The monoisotopic (exact) mass is 526 g/mol. The van der Waals surface area contributed by atoms with Crippen LogP contribution in [0.1, 0.15) is 47.1 Å². The Bertz CT molecular complexity index is 896. The van der Waals surface area contributed by atoms with E-state index in [1.54, 1.807) is 0 Å². The number of rotatable bonds is 8. The predicted molar refractivity (Wildman–Crippen MR) is 136 cm³/mol. The third-order valence-electron chi connectivity index (χ3n) is 6.19. The number of carbonyl (C=O) groups excluding carboxylic acids is 3. The highest BCUT2D eigenvalue weighted by Crippen LogP contribution is 2.40. The van der Waals surface area contributed by atoms with Crippen molar-refractivity contribution in [2.45, 2.75) is 101 Å². The molecule has 2 rings (SSSR count). The summed E-state index contributed by atoms with van der Waals surface area (Å²) in [6, 6.07) is 7.81. The van der Waals surface area contributed by atoms with Crippen molar-refractivity contribution in [1.29, 1.82) is 0 Å². The molecule has 1 saturated heterocycles. The van der Waals surface area contributed by atoms with Crippen molar-refractivity contribution in [3.8, 4) is 0 Å². The maximum absolute atomic E-state index is 12.1. The molecular weight excluding hydrogens is 488 g/mol. The molecule has 1 aromatic rings. The van der Waals surface area contributed by atoms with Gasteiger partial charge in [-0.25, -0.2) is 0 Å². The summed E-state index contributed by atoms with van der Waals surface area (Å²) in [5, 5.41) is -0.0514. The van der Waals surface area contributed by atoms with Crippen LogP contribution in [0.3, 0.4) is 0 Å². The summed E-state index contributed by atoms with van der Waals surface area (Å²) < 4.78 is 29.6. The molecule has 0 spiro atoms. The molecule has 0 amide bonds. The van der Waals surface area contributed by atoms with Gasteiger partial charge in [-0.2, -0.15) is 0 Å². The second-order valence-electron chi connectivity index (χ2n) is 10.3. The molecule has 35 heavy (non-hydrogen) atoms. The lowest BCUT2D eigenvalue weighted by Crippen LogP contribution is -2.62. The first-order valence-electron chi connectivity index (χ1n) is 11.6. The van der Waals surface area contributed by atoms with E-state index in [0.717, 1.165) is 10.5 Å². The summed E-state index contributed by atoms with van der Waals surface area (Å²) >= 11 is 1.34. The average Bonchev–Trinajstić information content (AvgIpc) is 2.71. The normalized spacial score (nSPS) is 25.0. The van der Waals surface area contributed by atoms with E-state index in [-0.39, 0.29) is 11.6 Å². The quantitative estimate of drug-likeness (QED) is 0.273. The van der Waals surface area contributed by atoms with Crippen LogP contribution in [0.15, 0.2) is 29.2 Å². The van der Waals surface area contributed by atoms with Gasteiger partial charge in [0.2, 0.25) is 0 Å². The van der Waals surface area contributed by atoms with Crippen molar-refractivity contribution < 1.29 is 37.8 Å². The van der Waals surface area contributed by atoms with Crippen molar-refractivity contribution in [3.05, 3.63) is 29.8 Å². The standard InChI is InChI=1S/C25H38O8SSi/c1-15-10-12-19(13-11-15)34-24-23(32-18(4)28)22(31-17(3)27)21(30-16(2)26)20(33-24)14-29-35(8,9)25(5,6)7/h10-13,20-24H,14H2,1-9H3/t20-,21-,22+,23-,24+/m1/s1. The summed E-state index contributed by atoms with van der Waals surface area (Å²) in [6.07, 6.45) is -3.83. The number of aryl methyl sites for hydroxylation is 1. The highest BCUT2D eigenvalue weighted by Gasteiger charge is 2.52. The number of esters is 3. The van der Waals surface area contributed by atoms with Crippen LogP contribution in [0.25, 0.3) is 0 Å². The van der Waals surface area contributed by atoms with Crippen LogP contribution in [-0.2, 0) is 37.8 Å². The minimum Gasteiger partial charge on any atom is -0.456 e. The van der Waals surface area contributed by atoms with Gasteiger partial charge in [0.25, 0.3) is 0 Å². The van der Waals surface area contributed by atoms with E-state index in [1.165, 1.54) is 32.5 Å². The van der Waals surface area contributed by atoms with E-state index >= 15 is 0 Å². The lowest BCUT2D eigenvalue weighted by atomic mass is 9.99. The molecule has 1 fully saturated rings. The van der Waals surface area contributed by atoms with E-state index in [4.69, 9.17) is 23.4 Å². The minimum atomic E-state index is -2.18. The Morgan fingerprint density at radius 3 is 1.86 bits per heavy atom. The number of thioether (sulfide) groups is 1. The first-order chi connectivity index (χ1) is 16.1.